The average molecular weight is 246 g/mol. The molecular formula is C10H18N2O5. The number of carbonyl (C=O) groups is 3. The van der Waals surface area contributed by atoms with Crippen molar-refractivity contribution in [2.75, 3.05) is 7.11 Å². The molecular weight excluding hydrogens is 228 g/mol. The lowest BCUT2D eigenvalue weighted by Gasteiger charge is -2.21. The second kappa shape index (κ2) is 6.19. The number of methoxy groups -OCH3 is 1. The van der Waals surface area contributed by atoms with Gasteiger partial charge in [-0.3, -0.25) is 9.59 Å². The maximum atomic E-state index is 11.5. The van der Waals surface area contributed by atoms with Gasteiger partial charge in [-0.15, -0.1) is 0 Å². The Bertz CT molecular complexity index is 308. The van der Waals surface area contributed by atoms with Crippen LogP contribution in [-0.4, -0.2) is 41.6 Å². The summed E-state index contributed by atoms with van der Waals surface area (Å²) in [6.07, 6.45) is -0.122. The van der Waals surface area contributed by atoms with Crippen molar-refractivity contribution in [1.29, 1.82) is 0 Å². The van der Waals surface area contributed by atoms with Crippen LogP contribution in [0.2, 0.25) is 0 Å². The van der Waals surface area contributed by atoms with Crippen LogP contribution >= 0.6 is 0 Å². The van der Waals surface area contributed by atoms with Crippen molar-refractivity contribution in [1.82, 2.24) is 5.32 Å². The van der Waals surface area contributed by atoms with Crippen LogP contribution in [-0.2, 0) is 19.1 Å². The third-order valence-corrected chi connectivity index (χ3v) is 2.05. The van der Waals surface area contributed by atoms with Crippen LogP contribution in [0.25, 0.3) is 0 Å². The highest BCUT2D eigenvalue weighted by Gasteiger charge is 2.28. The summed E-state index contributed by atoms with van der Waals surface area (Å²) in [4.78, 5) is 33.2. The number of carboxylic acids is 1. The second-order valence-corrected chi connectivity index (χ2v) is 4.20. The number of hydrogen-bond donors (Lipinski definition) is 3. The first-order valence-electron chi connectivity index (χ1n) is 5.08. The van der Waals surface area contributed by atoms with Gasteiger partial charge < -0.3 is 20.9 Å². The largest absolute Gasteiger partial charge is 0.480 e. The normalized spacial score (nSPS) is 12.7. The van der Waals surface area contributed by atoms with Crippen LogP contribution in [0.5, 0.6) is 0 Å². The fourth-order valence-electron chi connectivity index (χ4n) is 0.966. The van der Waals surface area contributed by atoms with Gasteiger partial charge in [-0.2, -0.15) is 0 Å². The first-order chi connectivity index (χ1) is 7.68. The molecule has 1 atom stereocenters. The number of ether oxygens (including phenoxy) is 1. The van der Waals surface area contributed by atoms with Crippen LogP contribution in [0.1, 0.15) is 26.7 Å². The van der Waals surface area contributed by atoms with Crippen molar-refractivity contribution >= 4 is 17.8 Å². The lowest BCUT2D eigenvalue weighted by Crippen LogP contribution is -2.54. The molecule has 0 aliphatic heterocycles. The summed E-state index contributed by atoms with van der Waals surface area (Å²) >= 11 is 0. The molecule has 7 nitrogen and oxygen atoms in total. The third-order valence-electron chi connectivity index (χ3n) is 2.05. The molecule has 0 aliphatic carbocycles. The van der Waals surface area contributed by atoms with Crippen LogP contribution in [0, 0.1) is 0 Å². The molecule has 0 aromatic carbocycles. The van der Waals surface area contributed by atoms with Crippen molar-refractivity contribution in [2.45, 2.75) is 38.3 Å². The molecule has 0 heterocycles. The van der Waals surface area contributed by atoms with Gasteiger partial charge in [0, 0.05) is 6.42 Å². The number of carboxylic acid groups (broad SMARTS) is 1. The average Bonchev–Trinajstić information content (AvgIpc) is 2.21. The molecule has 0 aromatic rings. The third kappa shape index (κ3) is 5.86. The minimum absolute atomic E-state index is 0.0379. The quantitative estimate of drug-likeness (QED) is 0.530. The van der Waals surface area contributed by atoms with Gasteiger partial charge >= 0.3 is 11.9 Å². The zero-order chi connectivity index (χ0) is 13.6. The van der Waals surface area contributed by atoms with Gasteiger partial charge in [0.05, 0.1) is 12.6 Å². The van der Waals surface area contributed by atoms with E-state index in [0.717, 1.165) is 0 Å². The molecule has 4 N–H and O–H groups in total. The van der Waals surface area contributed by atoms with Crippen molar-refractivity contribution in [3.05, 3.63) is 0 Å². The highest BCUT2D eigenvalue weighted by Crippen LogP contribution is 2.03. The fourth-order valence-corrected chi connectivity index (χ4v) is 0.966. The van der Waals surface area contributed by atoms with Crippen molar-refractivity contribution < 1.29 is 24.2 Å². The topological polar surface area (TPSA) is 119 Å². The van der Waals surface area contributed by atoms with Crippen LogP contribution in [0.15, 0.2) is 0 Å². The molecule has 0 spiro atoms. The maximum absolute atomic E-state index is 11.5. The minimum atomic E-state index is -1.22. The Morgan fingerprint density at radius 2 is 1.94 bits per heavy atom. The second-order valence-electron chi connectivity index (χ2n) is 4.20. The number of esters is 1. The zero-order valence-corrected chi connectivity index (χ0v) is 10.1. The zero-order valence-electron chi connectivity index (χ0n) is 10.1. The fraction of sp³-hybridized carbons (Fsp3) is 0.700. The maximum Gasteiger partial charge on any atom is 0.326 e. The Labute approximate surface area is 99.3 Å². The highest BCUT2D eigenvalue weighted by atomic mass is 16.5. The summed E-state index contributed by atoms with van der Waals surface area (Å²) in [5.41, 5.74) is 4.35. The van der Waals surface area contributed by atoms with Gasteiger partial charge in [0.15, 0.2) is 0 Å². The number of carbonyl (C=O) groups excluding carboxylic acids is 2. The molecule has 0 unspecified atom stereocenters. The standard InChI is InChI=1S/C10H18N2O5/c1-10(2,11)9(16)12-6(8(14)15)4-5-7(13)17-3/h6H,4-5,11H2,1-3H3,(H,12,16)(H,14,15)/t6-/m1/s1. The Balaban J connectivity index is 4.41. The smallest absolute Gasteiger partial charge is 0.326 e. The molecule has 17 heavy (non-hydrogen) atoms. The molecule has 98 valence electrons. The van der Waals surface area contributed by atoms with Gasteiger partial charge in [-0.05, 0) is 20.3 Å². The Morgan fingerprint density at radius 3 is 2.29 bits per heavy atom. The van der Waals surface area contributed by atoms with Crippen molar-refractivity contribution in [3.8, 4) is 0 Å². The molecule has 0 radical (unpaired) electrons. The Morgan fingerprint density at radius 1 is 1.41 bits per heavy atom. The Hall–Kier alpha value is -1.63. The van der Waals surface area contributed by atoms with E-state index in [4.69, 9.17) is 10.8 Å². The molecule has 0 saturated heterocycles. The first kappa shape index (κ1) is 15.4. The van der Waals surface area contributed by atoms with E-state index in [1.54, 1.807) is 0 Å². The van der Waals surface area contributed by atoms with Crippen LogP contribution in [0.4, 0.5) is 0 Å². The summed E-state index contributed by atoms with van der Waals surface area (Å²) in [5.74, 6) is -2.33. The van der Waals surface area contributed by atoms with Gasteiger partial charge in [-0.25, -0.2) is 4.79 Å². The first-order valence-corrected chi connectivity index (χ1v) is 5.08. The number of aliphatic carboxylic acids is 1. The van der Waals surface area contributed by atoms with Crippen molar-refractivity contribution in [3.63, 3.8) is 0 Å². The lowest BCUT2D eigenvalue weighted by atomic mass is 10.0. The summed E-state index contributed by atoms with van der Waals surface area (Å²) in [6.45, 7) is 2.92. The van der Waals surface area contributed by atoms with E-state index in [9.17, 15) is 14.4 Å². The van der Waals surface area contributed by atoms with Gasteiger partial charge in [0.2, 0.25) is 5.91 Å². The summed E-state index contributed by atoms with van der Waals surface area (Å²) in [6, 6.07) is -1.15. The molecule has 0 saturated carbocycles. The molecule has 0 aromatic heterocycles. The van der Waals surface area contributed by atoms with E-state index >= 15 is 0 Å². The highest BCUT2D eigenvalue weighted by molar-refractivity contribution is 5.89. The number of nitrogens with one attached hydrogen (secondary N) is 1. The Kier molecular flexibility index (Phi) is 5.60. The van der Waals surface area contributed by atoms with Crippen molar-refractivity contribution in [2.24, 2.45) is 5.73 Å². The summed E-state index contributed by atoms with van der Waals surface area (Å²) in [5, 5.41) is 11.1. The predicted octanol–water partition coefficient (Wildman–Crippen LogP) is -0.754. The molecule has 1 amide bonds. The lowest BCUT2D eigenvalue weighted by molar-refractivity contribution is -0.144. The summed E-state index contributed by atoms with van der Waals surface area (Å²) in [7, 11) is 1.21. The van der Waals surface area contributed by atoms with Gasteiger partial charge in [0.1, 0.15) is 6.04 Å². The molecule has 0 aliphatic rings. The van der Waals surface area contributed by atoms with E-state index < -0.39 is 29.4 Å². The van der Waals surface area contributed by atoms with E-state index in [2.05, 4.69) is 10.1 Å². The van der Waals surface area contributed by atoms with E-state index in [1.165, 1.54) is 21.0 Å². The van der Waals surface area contributed by atoms with E-state index in [-0.39, 0.29) is 12.8 Å². The molecule has 0 bridgehead atoms. The van der Waals surface area contributed by atoms with Gasteiger partial charge in [0.25, 0.3) is 0 Å². The summed E-state index contributed by atoms with van der Waals surface area (Å²) < 4.78 is 4.38. The van der Waals surface area contributed by atoms with E-state index in [0.29, 0.717) is 0 Å². The molecule has 0 fully saturated rings. The number of nitrogens with two attached hydrogens (primary N) is 1. The van der Waals surface area contributed by atoms with Crippen LogP contribution in [0.3, 0.4) is 0 Å². The molecule has 7 heteroatoms. The number of hydrogen-bond acceptors (Lipinski definition) is 5. The van der Waals surface area contributed by atoms with Gasteiger partial charge in [-0.1, -0.05) is 0 Å². The predicted molar refractivity (Wildman–Crippen MR) is 59.1 cm³/mol. The molecule has 0 rings (SSSR count). The monoisotopic (exact) mass is 246 g/mol. The minimum Gasteiger partial charge on any atom is -0.480 e. The van der Waals surface area contributed by atoms with Crippen LogP contribution < -0.4 is 11.1 Å². The van der Waals surface area contributed by atoms with E-state index in [1.807, 2.05) is 0 Å². The SMILES string of the molecule is COC(=O)CC[C@@H](NC(=O)C(C)(C)N)C(=O)O. The number of amides is 1. The number of rotatable bonds is 6.